The SMILES string of the molecule is COC(=O)Nc1ccc(NC(C)=O)cc1O. The zero-order chi connectivity index (χ0) is 12.1. The lowest BCUT2D eigenvalue weighted by molar-refractivity contribution is -0.114. The number of amides is 2. The number of rotatable bonds is 2. The van der Waals surface area contributed by atoms with Gasteiger partial charge in [0.05, 0.1) is 12.8 Å². The van der Waals surface area contributed by atoms with Crippen LogP contribution < -0.4 is 10.6 Å². The Labute approximate surface area is 92.2 Å². The van der Waals surface area contributed by atoms with Crippen molar-refractivity contribution in [3.8, 4) is 5.75 Å². The molecule has 0 aliphatic carbocycles. The Morgan fingerprint density at radius 2 is 2.00 bits per heavy atom. The van der Waals surface area contributed by atoms with Gasteiger partial charge >= 0.3 is 6.09 Å². The minimum absolute atomic E-state index is 0.156. The van der Waals surface area contributed by atoms with E-state index in [1.165, 1.54) is 26.2 Å². The van der Waals surface area contributed by atoms with Crippen molar-refractivity contribution >= 4 is 23.4 Å². The molecule has 3 N–H and O–H groups in total. The largest absolute Gasteiger partial charge is 0.506 e. The van der Waals surface area contributed by atoms with Gasteiger partial charge in [0.2, 0.25) is 5.91 Å². The maximum atomic E-state index is 10.9. The van der Waals surface area contributed by atoms with Gasteiger partial charge in [-0.1, -0.05) is 0 Å². The number of benzene rings is 1. The van der Waals surface area contributed by atoms with Gasteiger partial charge in [0, 0.05) is 18.7 Å². The first-order chi connectivity index (χ1) is 7.52. The highest BCUT2D eigenvalue weighted by Gasteiger charge is 2.07. The molecule has 86 valence electrons. The Bertz CT molecular complexity index is 417. The third-order valence-electron chi connectivity index (χ3n) is 1.74. The van der Waals surface area contributed by atoms with Crippen molar-refractivity contribution in [2.45, 2.75) is 6.92 Å². The average Bonchev–Trinajstić information content (AvgIpc) is 2.21. The van der Waals surface area contributed by atoms with Crippen LogP contribution in [0.5, 0.6) is 5.75 Å². The Kier molecular flexibility index (Phi) is 3.71. The van der Waals surface area contributed by atoms with Crippen molar-refractivity contribution in [3.05, 3.63) is 18.2 Å². The standard InChI is InChI=1S/C10H12N2O4/c1-6(13)11-7-3-4-8(9(14)5-7)12-10(15)16-2/h3-5,14H,1-2H3,(H,11,13)(H,12,15). The predicted molar refractivity (Wildman–Crippen MR) is 58.4 cm³/mol. The van der Waals surface area contributed by atoms with Gasteiger partial charge in [-0.05, 0) is 12.1 Å². The summed E-state index contributed by atoms with van der Waals surface area (Å²) in [6.45, 7) is 1.36. The molecule has 6 nitrogen and oxygen atoms in total. The molecule has 0 atom stereocenters. The molecule has 0 fully saturated rings. The van der Waals surface area contributed by atoms with Crippen LogP contribution in [-0.4, -0.2) is 24.2 Å². The number of phenolic OH excluding ortho intramolecular Hbond substituents is 1. The van der Waals surface area contributed by atoms with Crippen LogP contribution in [0.25, 0.3) is 0 Å². The molecule has 0 aromatic heterocycles. The number of ether oxygens (including phenoxy) is 1. The third kappa shape index (κ3) is 3.16. The van der Waals surface area contributed by atoms with E-state index in [1.54, 1.807) is 6.07 Å². The molecule has 0 bridgehead atoms. The topological polar surface area (TPSA) is 87.7 Å². The van der Waals surface area contributed by atoms with Crippen LogP contribution in [0.1, 0.15) is 6.92 Å². The van der Waals surface area contributed by atoms with Gasteiger partial charge < -0.3 is 15.2 Å². The summed E-state index contributed by atoms with van der Waals surface area (Å²) in [6.07, 6.45) is -0.678. The van der Waals surface area contributed by atoms with Crippen molar-refractivity contribution in [2.24, 2.45) is 0 Å². The number of hydrogen-bond acceptors (Lipinski definition) is 4. The van der Waals surface area contributed by atoms with Crippen LogP contribution in [0.3, 0.4) is 0 Å². The molecule has 6 heteroatoms. The number of methoxy groups -OCH3 is 1. The van der Waals surface area contributed by atoms with Gasteiger partial charge in [-0.2, -0.15) is 0 Å². The van der Waals surface area contributed by atoms with Crippen molar-refractivity contribution in [3.63, 3.8) is 0 Å². The lowest BCUT2D eigenvalue weighted by atomic mass is 10.2. The van der Waals surface area contributed by atoms with Gasteiger partial charge in [-0.25, -0.2) is 4.79 Å². The van der Waals surface area contributed by atoms with E-state index in [4.69, 9.17) is 0 Å². The van der Waals surface area contributed by atoms with E-state index in [-0.39, 0.29) is 17.3 Å². The molecule has 0 spiro atoms. The second-order valence-electron chi connectivity index (χ2n) is 3.03. The lowest BCUT2D eigenvalue weighted by Crippen LogP contribution is -2.11. The number of hydrogen-bond donors (Lipinski definition) is 3. The maximum absolute atomic E-state index is 10.9. The van der Waals surface area contributed by atoms with E-state index in [0.29, 0.717) is 5.69 Å². The quantitative estimate of drug-likeness (QED) is 0.665. The first kappa shape index (κ1) is 11.8. The lowest BCUT2D eigenvalue weighted by Gasteiger charge is -2.08. The van der Waals surface area contributed by atoms with Crippen LogP contribution in [0, 0.1) is 0 Å². The van der Waals surface area contributed by atoms with E-state index < -0.39 is 6.09 Å². The fourth-order valence-electron chi connectivity index (χ4n) is 1.08. The molecule has 2 amide bonds. The van der Waals surface area contributed by atoms with Crippen LogP contribution in [0.2, 0.25) is 0 Å². The molecular formula is C10H12N2O4. The molecule has 0 aliphatic heterocycles. The minimum Gasteiger partial charge on any atom is -0.506 e. The molecule has 0 aliphatic rings. The summed E-state index contributed by atoms with van der Waals surface area (Å²) in [5, 5.41) is 14.3. The second kappa shape index (κ2) is 5.01. The smallest absolute Gasteiger partial charge is 0.411 e. The number of phenols is 1. The Morgan fingerprint density at radius 1 is 1.31 bits per heavy atom. The Balaban J connectivity index is 2.83. The summed E-state index contributed by atoms with van der Waals surface area (Å²) in [6, 6.07) is 4.33. The average molecular weight is 224 g/mol. The van der Waals surface area contributed by atoms with E-state index in [2.05, 4.69) is 15.4 Å². The number of anilines is 2. The first-order valence-electron chi connectivity index (χ1n) is 4.48. The van der Waals surface area contributed by atoms with Crippen molar-refractivity contribution in [1.82, 2.24) is 0 Å². The number of carbonyl (C=O) groups is 2. The molecule has 1 aromatic carbocycles. The van der Waals surface area contributed by atoms with Crippen molar-refractivity contribution in [2.75, 3.05) is 17.7 Å². The van der Waals surface area contributed by atoms with Crippen LogP contribution in [-0.2, 0) is 9.53 Å². The number of aromatic hydroxyl groups is 1. The van der Waals surface area contributed by atoms with Gasteiger partial charge in [0.1, 0.15) is 5.75 Å². The summed E-state index contributed by atoms with van der Waals surface area (Å²) in [5.41, 5.74) is 0.654. The first-order valence-corrected chi connectivity index (χ1v) is 4.48. The molecule has 16 heavy (non-hydrogen) atoms. The minimum atomic E-state index is -0.678. The van der Waals surface area contributed by atoms with Crippen LogP contribution in [0.4, 0.5) is 16.2 Å². The second-order valence-corrected chi connectivity index (χ2v) is 3.03. The molecule has 1 aromatic rings. The monoisotopic (exact) mass is 224 g/mol. The fraction of sp³-hybridized carbons (Fsp3) is 0.200. The summed E-state index contributed by atoms with van der Waals surface area (Å²) in [7, 11) is 1.22. The molecule has 1 rings (SSSR count). The fourth-order valence-corrected chi connectivity index (χ4v) is 1.08. The zero-order valence-corrected chi connectivity index (χ0v) is 8.90. The number of carbonyl (C=O) groups excluding carboxylic acids is 2. The highest BCUT2D eigenvalue weighted by Crippen LogP contribution is 2.26. The van der Waals surface area contributed by atoms with E-state index in [1.807, 2.05) is 0 Å². The van der Waals surface area contributed by atoms with Gasteiger partial charge in [0.25, 0.3) is 0 Å². The number of nitrogens with one attached hydrogen (secondary N) is 2. The van der Waals surface area contributed by atoms with Gasteiger partial charge in [-0.3, -0.25) is 10.1 Å². The highest BCUT2D eigenvalue weighted by molar-refractivity contribution is 5.91. The molecule has 0 radical (unpaired) electrons. The molecule has 0 heterocycles. The summed E-state index contributed by atoms with van der Waals surface area (Å²) < 4.78 is 4.37. The van der Waals surface area contributed by atoms with Gasteiger partial charge in [-0.15, -0.1) is 0 Å². The molecule has 0 unspecified atom stereocenters. The summed E-state index contributed by atoms with van der Waals surface area (Å²) in [5.74, 6) is -0.398. The Morgan fingerprint density at radius 3 is 2.50 bits per heavy atom. The van der Waals surface area contributed by atoms with Gasteiger partial charge in [0.15, 0.2) is 0 Å². The van der Waals surface area contributed by atoms with E-state index in [0.717, 1.165) is 0 Å². The van der Waals surface area contributed by atoms with Crippen molar-refractivity contribution in [1.29, 1.82) is 0 Å². The van der Waals surface area contributed by atoms with E-state index in [9.17, 15) is 14.7 Å². The highest BCUT2D eigenvalue weighted by atomic mass is 16.5. The van der Waals surface area contributed by atoms with E-state index >= 15 is 0 Å². The van der Waals surface area contributed by atoms with Crippen LogP contribution >= 0.6 is 0 Å². The third-order valence-corrected chi connectivity index (χ3v) is 1.74. The molecular weight excluding hydrogens is 212 g/mol. The molecule has 0 saturated heterocycles. The molecule has 0 saturated carbocycles. The van der Waals surface area contributed by atoms with Crippen LogP contribution in [0.15, 0.2) is 18.2 Å². The predicted octanol–water partition coefficient (Wildman–Crippen LogP) is 1.53. The maximum Gasteiger partial charge on any atom is 0.411 e. The zero-order valence-electron chi connectivity index (χ0n) is 8.90. The van der Waals surface area contributed by atoms with Crippen molar-refractivity contribution < 1.29 is 19.4 Å². The summed E-state index contributed by atoms with van der Waals surface area (Å²) >= 11 is 0. The normalized spacial score (nSPS) is 9.38. The Hall–Kier alpha value is -2.24. The summed E-state index contributed by atoms with van der Waals surface area (Å²) in [4.78, 5) is 21.6.